The highest BCUT2D eigenvalue weighted by atomic mass is 16.5. The summed E-state index contributed by atoms with van der Waals surface area (Å²) in [6.45, 7) is 4.54. The third kappa shape index (κ3) is 6.52. The molecule has 0 heterocycles. The average molecular weight is 301 g/mol. The Kier molecular flexibility index (Phi) is 8.57. The first-order chi connectivity index (χ1) is 10.7. The molecular formula is C18H23NO3. The van der Waals surface area contributed by atoms with E-state index in [1.54, 1.807) is 32.4 Å². The maximum atomic E-state index is 12.3. The minimum Gasteiger partial charge on any atom is -0.381 e. The molecule has 0 spiro atoms. The number of anilines is 1. The lowest BCUT2D eigenvalue weighted by molar-refractivity contribution is -0.112. The zero-order chi connectivity index (χ0) is 16.2. The Labute approximate surface area is 132 Å². The van der Waals surface area contributed by atoms with Gasteiger partial charge in [-0.25, -0.2) is 0 Å². The quantitative estimate of drug-likeness (QED) is 0.433. The van der Waals surface area contributed by atoms with Gasteiger partial charge in [-0.3, -0.25) is 4.79 Å². The summed E-state index contributed by atoms with van der Waals surface area (Å²) in [4.78, 5) is 12.3. The Hall–Kier alpha value is -2.17. The third-order valence-electron chi connectivity index (χ3n) is 2.86. The number of rotatable bonds is 9. The van der Waals surface area contributed by atoms with Crippen LogP contribution in [0, 0.1) is 0 Å². The van der Waals surface area contributed by atoms with Crippen LogP contribution in [-0.2, 0) is 20.7 Å². The predicted molar refractivity (Wildman–Crippen MR) is 89.9 cm³/mol. The van der Waals surface area contributed by atoms with Crippen molar-refractivity contribution in [3.63, 3.8) is 0 Å². The molecule has 1 aromatic carbocycles. The van der Waals surface area contributed by atoms with Crippen molar-refractivity contribution >= 4 is 11.6 Å². The number of benzene rings is 1. The monoisotopic (exact) mass is 301 g/mol. The van der Waals surface area contributed by atoms with Gasteiger partial charge in [0, 0.05) is 25.5 Å². The Morgan fingerprint density at radius 2 is 2.05 bits per heavy atom. The van der Waals surface area contributed by atoms with Crippen molar-refractivity contribution in [2.75, 3.05) is 32.8 Å². The molecule has 0 aromatic heterocycles. The molecule has 0 unspecified atom stereocenters. The van der Waals surface area contributed by atoms with E-state index in [9.17, 15) is 4.79 Å². The van der Waals surface area contributed by atoms with Crippen LogP contribution < -0.4 is 5.32 Å². The zero-order valence-corrected chi connectivity index (χ0v) is 13.2. The summed E-state index contributed by atoms with van der Waals surface area (Å²) >= 11 is 0. The number of carbonyl (C=O) groups excluding carboxylic acids is 1. The summed E-state index contributed by atoms with van der Waals surface area (Å²) < 4.78 is 9.95. The summed E-state index contributed by atoms with van der Waals surface area (Å²) in [5.41, 5.74) is 2.39. The van der Waals surface area contributed by atoms with Crippen LogP contribution in [0.25, 0.3) is 0 Å². The normalized spacial score (nSPS) is 11.6. The Bertz CT molecular complexity index is 547. The van der Waals surface area contributed by atoms with Crippen molar-refractivity contribution in [3.8, 4) is 0 Å². The minimum absolute atomic E-state index is 0.180. The average Bonchev–Trinajstić information content (AvgIpc) is 2.51. The second kappa shape index (κ2) is 10.5. The van der Waals surface area contributed by atoms with Crippen molar-refractivity contribution in [3.05, 3.63) is 66.3 Å². The van der Waals surface area contributed by atoms with Crippen molar-refractivity contribution < 1.29 is 14.3 Å². The van der Waals surface area contributed by atoms with Gasteiger partial charge in [-0.05, 0) is 30.2 Å². The van der Waals surface area contributed by atoms with Crippen LogP contribution in [0.15, 0.2) is 60.7 Å². The Morgan fingerprint density at radius 3 is 2.73 bits per heavy atom. The summed E-state index contributed by atoms with van der Waals surface area (Å²) in [6, 6.07) is 7.70. The lowest BCUT2D eigenvalue weighted by Gasteiger charge is -2.08. The van der Waals surface area contributed by atoms with Gasteiger partial charge in [-0.15, -0.1) is 6.58 Å². The number of hydrogen-bond donors (Lipinski definition) is 1. The molecule has 0 fully saturated rings. The number of ether oxygens (including phenoxy) is 2. The minimum atomic E-state index is -0.180. The van der Waals surface area contributed by atoms with Gasteiger partial charge in [0.25, 0.3) is 5.91 Å². The highest BCUT2D eigenvalue weighted by molar-refractivity contribution is 6.05. The van der Waals surface area contributed by atoms with E-state index in [0.29, 0.717) is 18.8 Å². The molecule has 0 saturated heterocycles. The summed E-state index contributed by atoms with van der Waals surface area (Å²) in [5.74, 6) is -0.180. The van der Waals surface area contributed by atoms with Crippen LogP contribution in [0.5, 0.6) is 0 Å². The summed E-state index contributed by atoms with van der Waals surface area (Å²) in [6.07, 6.45) is 7.85. The topological polar surface area (TPSA) is 47.6 Å². The molecule has 4 nitrogen and oxygen atoms in total. The van der Waals surface area contributed by atoms with Crippen molar-refractivity contribution in [2.24, 2.45) is 0 Å². The summed E-state index contributed by atoms with van der Waals surface area (Å²) in [7, 11) is 3.19. The van der Waals surface area contributed by atoms with Crippen LogP contribution in [0.2, 0.25) is 0 Å². The van der Waals surface area contributed by atoms with Gasteiger partial charge in [-0.2, -0.15) is 0 Å². The number of methoxy groups -OCH3 is 2. The molecule has 1 rings (SSSR count). The predicted octanol–water partition coefficient (Wildman–Crippen LogP) is 3.13. The number of amides is 1. The van der Waals surface area contributed by atoms with E-state index in [1.807, 2.05) is 30.3 Å². The molecule has 0 saturated carbocycles. The SMILES string of the molecule is C=CCc1cccc(NC(=O)C(/C=C\COC)=C/COC)c1. The van der Waals surface area contributed by atoms with Crippen LogP contribution in [0.1, 0.15) is 5.56 Å². The smallest absolute Gasteiger partial charge is 0.255 e. The van der Waals surface area contributed by atoms with E-state index in [0.717, 1.165) is 17.7 Å². The second-order valence-corrected chi connectivity index (χ2v) is 4.62. The number of carbonyl (C=O) groups is 1. The van der Waals surface area contributed by atoms with E-state index in [1.165, 1.54) is 0 Å². The highest BCUT2D eigenvalue weighted by Gasteiger charge is 2.07. The van der Waals surface area contributed by atoms with E-state index in [-0.39, 0.29) is 5.91 Å². The van der Waals surface area contributed by atoms with E-state index in [2.05, 4.69) is 11.9 Å². The van der Waals surface area contributed by atoms with Crippen molar-refractivity contribution in [1.29, 1.82) is 0 Å². The van der Waals surface area contributed by atoms with Gasteiger partial charge in [0.2, 0.25) is 0 Å². The van der Waals surface area contributed by atoms with Gasteiger partial charge in [0.1, 0.15) is 0 Å². The maximum absolute atomic E-state index is 12.3. The van der Waals surface area contributed by atoms with Crippen molar-refractivity contribution in [1.82, 2.24) is 0 Å². The van der Waals surface area contributed by atoms with Gasteiger partial charge in [0.05, 0.1) is 13.2 Å². The molecule has 0 atom stereocenters. The fourth-order valence-corrected chi connectivity index (χ4v) is 1.83. The first kappa shape index (κ1) is 17.9. The van der Waals surface area contributed by atoms with Gasteiger partial charge in [-0.1, -0.05) is 30.4 Å². The molecular weight excluding hydrogens is 278 g/mol. The molecule has 0 radical (unpaired) electrons. The second-order valence-electron chi connectivity index (χ2n) is 4.62. The van der Waals surface area contributed by atoms with Crippen LogP contribution in [0.3, 0.4) is 0 Å². The maximum Gasteiger partial charge on any atom is 0.255 e. The van der Waals surface area contributed by atoms with Gasteiger partial charge < -0.3 is 14.8 Å². The Morgan fingerprint density at radius 1 is 1.27 bits per heavy atom. The molecule has 1 aromatic rings. The van der Waals surface area contributed by atoms with Crippen LogP contribution >= 0.6 is 0 Å². The van der Waals surface area contributed by atoms with Gasteiger partial charge in [0.15, 0.2) is 0 Å². The van der Waals surface area contributed by atoms with Crippen LogP contribution in [-0.4, -0.2) is 33.3 Å². The lowest BCUT2D eigenvalue weighted by atomic mass is 10.1. The largest absolute Gasteiger partial charge is 0.381 e. The zero-order valence-electron chi connectivity index (χ0n) is 13.2. The first-order valence-corrected chi connectivity index (χ1v) is 7.07. The molecule has 22 heavy (non-hydrogen) atoms. The van der Waals surface area contributed by atoms with Crippen LogP contribution in [0.4, 0.5) is 5.69 Å². The number of hydrogen-bond acceptors (Lipinski definition) is 3. The van der Waals surface area contributed by atoms with E-state index < -0.39 is 0 Å². The fourth-order valence-electron chi connectivity index (χ4n) is 1.83. The molecule has 1 amide bonds. The third-order valence-corrected chi connectivity index (χ3v) is 2.86. The highest BCUT2D eigenvalue weighted by Crippen LogP contribution is 2.13. The van der Waals surface area contributed by atoms with E-state index in [4.69, 9.17) is 9.47 Å². The first-order valence-electron chi connectivity index (χ1n) is 7.07. The number of nitrogens with one attached hydrogen (secondary N) is 1. The number of allylic oxidation sites excluding steroid dienone is 1. The Balaban J connectivity index is 2.81. The molecule has 0 aliphatic carbocycles. The van der Waals surface area contributed by atoms with E-state index >= 15 is 0 Å². The standard InChI is InChI=1S/C18H23NO3/c1-4-7-15-8-5-10-17(14-15)19-18(20)16(11-13-22-3)9-6-12-21-2/h4-6,8-11,14H,1,7,12-13H2,2-3H3,(H,19,20)/b9-6-,16-11+. The molecule has 4 heteroatoms. The molecule has 118 valence electrons. The molecule has 1 N–H and O–H groups in total. The molecule has 0 bridgehead atoms. The van der Waals surface area contributed by atoms with Crippen molar-refractivity contribution in [2.45, 2.75) is 6.42 Å². The fraction of sp³-hybridized carbons (Fsp3) is 0.278. The van der Waals surface area contributed by atoms with Gasteiger partial charge >= 0.3 is 0 Å². The summed E-state index contributed by atoms with van der Waals surface area (Å²) in [5, 5.41) is 2.89. The lowest BCUT2D eigenvalue weighted by Crippen LogP contribution is -2.14. The molecule has 0 aliphatic rings. The molecule has 0 aliphatic heterocycles.